The zero-order chi connectivity index (χ0) is 23.2. The van der Waals surface area contributed by atoms with Crippen molar-refractivity contribution in [3.05, 3.63) is 0 Å². The smallest absolute Gasteiger partial charge is 0.325 e. The fourth-order valence-electron chi connectivity index (χ4n) is 4.72. The number of rotatable bonds is 9. The van der Waals surface area contributed by atoms with Crippen molar-refractivity contribution in [2.24, 2.45) is 17.1 Å². The van der Waals surface area contributed by atoms with E-state index in [-0.39, 0.29) is 48.1 Å². The lowest BCUT2D eigenvalue weighted by molar-refractivity contribution is -0.161. The first-order valence-electron chi connectivity index (χ1n) is 10.9. The molecule has 1 aliphatic carbocycles. The molecule has 5 N–H and O–H groups in total. The van der Waals surface area contributed by atoms with Crippen molar-refractivity contribution < 1.29 is 23.9 Å². The molecule has 3 amide bonds. The van der Waals surface area contributed by atoms with E-state index in [4.69, 9.17) is 10.5 Å². The van der Waals surface area contributed by atoms with Crippen LogP contribution >= 0.6 is 0 Å². The van der Waals surface area contributed by atoms with Gasteiger partial charge in [-0.15, -0.1) is 0 Å². The van der Waals surface area contributed by atoms with Crippen LogP contribution in [0.25, 0.3) is 0 Å². The molecule has 10 heteroatoms. The van der Waals surface area contributed by atoms with Gasteiger partial charge in [-0.05, 0) is 50.5 Å². The number of likely N-dealkylation sites (N-methyl/N-ethyl adjacent to an activating group) is 1. The summed E-state index contributed by atoms with van der Waals surface area (Å²) in [7, 11) is 3.00. The Kier molecular flexibility index (Phi) is 8.41. The van der Waals surface area contributed by atoms with Gasteiger partial charge in [0.25, 0.3) is 0 Å². The average molecular weight is 440 g/mol. The van der Waals surface area contributed by atoms with E-state index in [9.17, 15) is 19.2 Å². The van der Waals surface area contributed by atoms with Gasteiger partial charge in [0.15, 0.2) is 0 Å². The molecule has 2 rings (SSSR count). The number of hydrogen-bond donors (Lipinski definition) is 4. The second kappa shape index (κ2) is 10.4. The molecule has 0 aromatic heterocycles. The second-order valence-electron chi connectivity index (χ2n) is 9.38. The Morgan fingerprint density at radius 3 is 2.23 bits per heavy atom. The lowest BCUT2D eigenvalue weighted by Gasteiger charge is -2.55. The number of amides is 3. The van der Waals surface area contributed by atoms with Crippen molar-refractivity contribution in [3.8, 4) is 0 Å². The van der Waals surface area contributed by atoms with Crippen molar-refractivity contribution in [2.75, 3.05) is 40.3 Å². The summed E-state index contributed by atoms with van der Waals surface area (Å²) in [6.45, 7) is 5.09. The van der Waals surface area contributed by atoms with Gasteiger partial charge >= 0.3 is 5.97 Å². The third-order valence-electron chi connectivity index (χ3n) is 6.26. The Morgan fingerprint density at radius 1 is 1.10 bits per heavy atom. The van der Waals surface area contributed by atoms with Crippen LogP contribution in [0.5, 0.6) is 0 Å². The minimum absolute atomic E-state index is 0.0110. The molecule has 1 atom stereocenters. The zero-order valence-corrected chi connectivity index (χ0v) is 19.1. The molecule has 0 aromatic carbocycles. The number of nitrogens with two attached hydrogens (primary N) is 1. The maximum absolute atomic E-state index is 12.6. The first-order chi connectivity index (χ1) is 14.5. The molecular weight excluding hydrogens is 402 g/mol. The topological polar surface area (TPSA) is 143 Å². The van der Waals surface area contributed by atoms with E-state index in [1.165, 1.54) is 7.11 Å². The molecule has 1 unspecified atom stereocenters. The first-order valence-corrected chi connectivity index (χ1v) is 10.9. The van der Waals surface area contributed by atoms with Crippen molar-refractivity contribution >= 4 is 23.7 Å². The fourth-order valence-corrected chi connectivity index (χ4v) is 4.72. The number of carbonyl (C=O) groups is 4. The summed E-state index contributed by atoms with van der Waals surface area (Å²) in [5.74, 6) is -0.942. The molecule has 1 spiro atoms. The van der Waals surface area contributed by atoms with Crippen LogP contribution < -0.4 is 21.7 Å². The average Bonchev–Trinajstić information content (AvgIpc) is 2.69. The Hall–Kier alpha value is -2.20. The van der Waals surface area contributed by atoms with E-state index in [1.807, 2.05) is 13.8 Å². The van der Waals surface area contributed by atoms with Gasteiger partial charge in [-0.25, -0.2) is 0 Å². The Balaban J connectivity index is 1.80. The van der Waals surface area contributed by atoms with Gasteiger partial charge in [0.05, 0.1) is 20.2 Å². The predicted molar refractivity (Wildman–Crippen MR) is 115 cm³/mol. The van der Waals surface area contributed by atoms with E-state index in [0.29, 0.717) is 32.4 Å². The van der Waals surface area contributed by atoms with E-state index in [0.717, 1.165) is 12.8 Å². The number of nitrogens with one attached hydrogen (secondary N) is 3. The summed E-state index contributed by atoms with van der Waals surface area (Å²) in [5, 5.41) is 8.13. The predicted octanol–water partition coefficient (Wildman–Crippen LogP) is -0.874. The highest BCUT2D eigenvalue weighted by atomic mass is 16.5. The number of hydrogen-bond acceptors (Lipinski definition) is 7. The molecule has 2 aliphatic rings. The van der Waals surface area contributed by atoms with E-state index >= 15 is 0 Å². The standard InChI is InChI=1S/C21H37N5O5/c1-14(2)9-15(25-16(27)10-23-3)18(29)24-11-17(28)26-7-5-20(6-8-26)12-21(22,13-20)19(30)31-4/h14-15,23H,5-13,22H2,1-4H3,(H,24,29)(H,25,27). The SMILES string of the molecule is CNCC(=O)NC(CC(C)C)C(=O)NCC(=O)N1CCC2(CC1)CC(N)(C(=O)OC)C2. The first kappa shape index (κ1) is 25.1. The summed E-state index contributed by atoms with van der Waals surface area (Å²) >= 11 is 0. The molecule has 0 aromatic rings. The summed E-state index contributed by atoms with van der Waals surface area (Å²) in [5.41, 5.74) is 5.20. The third-order valence-corrected chi connectivity index (χ3v) is 6.26. The number of esters is 1. The van der Waals surface area contributed by atoms with Crippen molar-refractivity contribution in [1.82, 2.24) is 20.9 Å². The van der Waals surface area contributed by atoms with Gasteiger partial charge in [-0.2, -0.15) is 0 Å². The van der Waals surface area contributed by atoms with Gasteiger partial charge < -0.3 is 31.3 Å². The molecule has 1 saturated carbocycles. The molecule has 1 heterocycles. The molecule has 10 nitrogen and oxygen atoms in total. The molecule has 1 aliphatic heterocycles. The highest BCUT2D eigenvalue weighted by Gasteiger charge is 2.57. The minimum Gasteiger partial charge on any atom is -0.468 e. The number of piperidine rings is 1. The molecule has 0 radical (unpaired) electrons. The maximum Gasteiger partial charge on any atom is 0.325 e. The van der Waals surface area contributed by atoms with Crippen molar-refractivity contribution in [3.63, 3.8) is 0 Å². The molecule has 0 bridgehead atoms. The Labute approximate surface area is 184 Å². The number of nitrogens with zero attached hydrogens (tertiary/aromatic N) is 1. The van der Waals surface area contributed by atoms with E-state index in [1.54, 1.807) is 11.9 Å². The van der Waals surface area contributed by atoms with Gasteiger partial charge in [0.2, 0.25) is 17.7 Å². The molecule has 1 saturated heterocycles. The monoisotopic (exact) mass is 439 g/mol. The summed E-state index contributed by atoms with van der Waals surface area (Å²) in [4.78, 5) is 50.5. The Morgan fingerprint density at radius 2 is 1.71 bits per heavy atom. The summed E-state index contributed by atoms with van der Waals surface area (Å²) in [6.07, 6.45) is 3.20. The quantitative estimate of drug-likeness (QED) is 0.342. The van der Waals surface area contributed by atoms with Gasteiger partial charge in [-0.1, -0.05) is 13.8 Å². The lowest BCUT2D eigenvalue weighted by atomic mass is 9.54. The number of carbonyl (C=O) groups excluding carboxylic acids is 4. The van der Waals surface area contributed by atoms with E-state index < -0.39 is 11.6 Å². The van der Waals surface area contributed by atoms with Crippen LogP contribution in [0.1, 0.15) is 46.0 Å². The fraction of sp³-hybridized carbons (Fsp3) is 0.810. The molecule has 2 fully saturated rings. The van der Waals surface area contributed by atoms with Crippen LogP contribution in [0.2, 0.25) is 0 Å². The van der Waals surface area contributed by atoms with Crippen LogP contribution in [0.15, 0.2) is 0 Å². The zero-order valence-electron chi connectivity index (χ0n) is 19.1. The van der Waals surface area contributed by atoms with Crippen LogP contribution in [0.3, 0.4) is 0 Å². The number of ether oxygens (including phenoxy) is 1. The van der Waals surface area contributed by atoms with Crippen LogP contribution in [-0.4, -0.2) is 80.5 Å². The highest BCUT2D eigenvalue weighted by molar-refractivity contribution is 5.91. The van der Waals surface area contributed by atoms with Crippen LogP contribution in [0, 0.1) is 11.3 Å². The van der Waals surface area contributed by atoms with Crippen LogP contribution in [0.4, 0.5) is 0 Å². The summed E-state index contributed by atoms with van der Waals surface area (Å²) in [6, 6.07) is -0.677. The van der Waals surface area contributed by atoms with Gasteiger partial charge in [-0.3, -0.25) is 19.2 Å². The number of likely N-dealkylation sites (tertiary alicyclic amines) is 1. The summed E-state index contributed by atoms with van der Waals surface area (Å²) < 4.78 is 4.79. The van der Waals surface area contributed by atoms with E-state index in [2.05, 4.69) is 16.0 Å². The maximum atomic E-state index is 12.6. The minimum atomic E-state index is -0.905. The third kappa shape index (κ3) is 6.39. The van der Waals surface area contributed by atoms with Gasteiger partial charge in [0.1, 0.15) is 11.6 Å². The lowest BCUT2D eigenvalue weighted by Crippen LogP contribution is -2.65. The van der Waals surface area contributed by atoms with Gasteiger partial charge in [0, 0.05) is 13.1 Å². The second-order valence-corrected chi connectivity index (χ2v) is 9.38. The number of methoxy groups -OCH3 is 1. The highest BCUT2D eigenvalue weighted by Crippen LogP contribution is 2.54. The normalized spacial score (nSPS) is 20.0. The van der Waals surface area contributed by atoms with Crippen LogP contribution in [-0.2, 0) is 23.9 Å². The molecular formula is C21H37N5O5. The van der Waals surface area contributed by atoms with Crippen molar-refractivity contribution in [2.45, 2.75) is 57.5 Å². The molecule has 176 valence electrons. The largest absolute Gasteiger partial charge is 0.468 e. The molecule has 31 heavy (non-hydrogen) atoms. The Bertz CT molecular complexity index is 680. The van der Waals surface area contributed by atoms with Crippen molar-refractivity contribution in [1.29, 1.82) is 0 Å².